The van der Waals surface area contributed by atoms with Crippen molar-refractivity contribution in [3.05, 3.63) is 89.1 Å². The van der Waals surface area contributed by atoms with Gasteiger partial charge in [-0.15, -0.1) is 0 Å². The van der Waals surface area contributed by atoms with E-state index >= 15 is 0 Å². The van der Waals surface area contributed by atoms with E-state index in [2.05, 4.69) is 15.6 Å². The summed E-state index contributed by atoms with van der Waals surface area (Å²) >= 11 is 6.09. The first-order chi connectivity index (χ1) is 20.1. The summed E-state index contributed by atoms with van der Waals surface area (Å²) in [4.78, 5) is 45.2. The summed E-state index contributed by atoms with van der Waals surface area (Å²) in [5.41, 5.74) is -0.632. The van der Waals surface area contributed by atoms with Gasteiger partial charge in [0.15, 0.2) is 0 Å². The molecular weight excluding hydrogens is 569 g/mol. The molecule has 0 aliphatic heterocycles. The van der Waals surface area contributed by atoms with E-state index < -0.39 is 29.6 Å². The highest BCUT2D eigenvalue weighted by Gasteiger charge is 2.36. The topological polar surface area (TPSA) is 91.4 Å². The van der Waals surface area contributed by atoms with Gasteiger partial charge in [-0.05, 0) is 67.3 Å². The Hall–Kier alpha value is -3.92. The maximum atomic E-state index is 13.9. The number of benzene rings is 2. The minimum Gasteiger partial charge on any atom is -0.351 e. The van der Waals surface area contributed by atoms with Gasteiger partial charge >= 0.3 is 6.18 Å². The van der Waals surface area contributed by atoms with Gasteiger partial charge in [0.1, 0.15) is 11.9 Å². The van der Waals surface area contributed by atoms with Gasteiger partial charge in [0.2, 0.25) is 17.7 Å². The fraction of sp³-hybridized carbons (Fsp3) is 0.355. The van der Waals surface area contributed by atoms with Crippen LogP contribution in [0.4, 0.5) is 24.7 Å². The van der Waals surface area contributed by atoms with Crippen molar-refractivity contribution in [2.75, 3.05) is 10.2 Å². The van der Waals surface area contributed by atoms with Crippen molar-refractivity contribution in [2.45, 2.75) is 69.6 Å². The van der Waals surface area contributed by atoms with Crippen molar-refractivity contribution in [1.82, 2.24) is 10.3 Å². The van der Waals surface area contributed by atoms with Crippen molar-refractivity contribution in [2.24, 2.45) is 0 Å². The van der Waals surface area contributed by atoms with E-state index in [-0.39, 0.29) is 36.9 Å². The first-order valence-electron chi connectivity index (χ1n) is 13.9. The van der Waals surface area contributed by atoms with Crippen LogP contribution in [0.15, 0.2) is 72.9 Å². The summed E-state index contributed by atoms with van der Waals surface area (Å²) in [6, 6.07) is 14.3. The van der Waals surface area contributed by atoms with E-state index in [9.17, 15) is 27.6 Å². The maximum Gasteiger partial charge on any atom is 0.416 e. The van der Waals surface area contributed by atoms with E-state index in [1.807, 2.05) is 0 Å². The quantitative estimate of drug-likeness (QED) is 0.260. The van der Waals surface area contributed by atoms with Gasteiger partial charge in [0.25, 0.3) is 0 Å². The molecule has 4 rings (SSSR count). The van der Waals surface area contributed by atoms with E-state index in [0.29, 0.717) is 16.4 Å². The number of carbonyl (C=O) groups is 3. The number of nitrogens with one attached hydrogen (secondary N) is 2. The standard InChI is InChI=1S/C31H32ClF3N4O3/c32-23-17-15-21(16-18-23)29(30(42)37-24-9-2-1-3-10-24)39(25-11-6-8-22(20-25)31(33,34)35)28(41)14-7-13-27(40)38-26-12-4-5-19-36-26/h4-6,8,11-12,15-20,24,29H,1-3,7,9-10,13-14H2,(H,37,42)(H,36,38,40)/t29-/m0/s1. The zero-order chi connectivity index (χ0) is 30.1. The highest BCUT2D eigenvalue weighted by atomic mass is 35.5. The number of aromatic nitrogens is 1. The molecule has 3 amide bonds. The van der Waals surface area contributed by atoms with Crippen LogP contribution < -0.4 is 15.5 Å². The lowest BCUT2D eigenvalue weighted by atomic mass is 9.94. The Bertz CT molecular complexity index is 1360. The molecule has 0 spiro atoms. The van der Waals surface area contributed by atoms with Crippen LogP contribution in [0.2, 0.25) is 5.02 Å². The number of alkyl halides is 3. The zero-order valence-corrected chi connectivity index (χ0v) is 23.6. The third-order valence-corrected chi connectivity index (χ3v) is 7.34. The Morgan fingerprint density at radius 1 is 0.952 bits per heavy atom. The van der Waals surface area contributed by atoms with Crippen LogP contribution in [0.1, 0.15) is 68.5 Å². The smallest absolute Gasteiger partial charge is 0.351 e. The molecule has 1 atom stereocenters. The number of hydrogen-bond acceptors (Lipinski definition) is 4. The van der Waals surface area contributed by atoms with Crippen LogP contribution in [0, 0.1) is 0 Å². The van der Waals surface area contributed by atoms with Crippen molar-refractivity contribution >= 4 is 40.8 Å². The fourth-order valence-corrected chi connectivity index (χ4v) is 5.15. The minimum absolute atomic E-state index is 0.0291. The molecule has 3 aromatic rings. The first-order valence-corrected chi connectivity index (χ1v) is 14.3. The first kappa shape index (κ1) is 31.0. The van der Waals surface area contributed by atoms with E-state index in [1.54, 1.807) is 42.5 Å². The predicted octanol–water partition coefficient (Wildman–Crippen LogP) is 7.09. The molecule has 0 bridgehead atoms. The molecule has 1 heterocycles. The Kier molecular flexibility index (Phi) is 10.6. The maximum absolute atomic E-state index is 13.9. The van der Waals surface area contributed by atoms with Crippen LogP contribution in [-0.4, -0.2) is 28.7 Å². The third-order valence-electron chi connectivity index (χ3n) is 7.09. The normalized spacial score (nSPS) is 14.6. The van der Waals surface area contributed by atoms with Gasteiger partial charge in [0.05, 0.1) is 5.56 Å². The Balaban J connectivity index is 1.64. The highest BCUT2D eigenvalue weighted by molar-refractivity contribution is 6.30. The van der Waals surface area contributed by atoms with Gasteiger partial charge in [-0.3, -0.25) is 19.3 Å². The molecule has 1 aliphatic rings. The number of anilines is 2. The third kappa shape index (κ3) is 8.55. The number of halogens is 4. The summed E-state index contributed by atoms with van der Waals surface area (Å²) in [5.74, 6) is -1.10. The van der Waals surface area contributed by atoms with E-state index in [1.165, 1.54) is 18.3 Å². The minimum atomic E-state index is -4.66. The summed E-state index contributed by atoms with van der Waals surface area (Å²) in [5, 5.41) is 6.07. The average Bonchev–Trinajstić information content (AvgIpc) is 2.97. The number of carbonyl (C=O) groups excluding carboxylic acids is 3. The number of nitrogens with zero attached hydrogens (tertiary/aromatic N) is 2. The predicted molar refractivity (Wildman–Crippen MR) is 155 cm³/mol. The van der Waals surface area contributed by atoms with Gasteiger partial charge in [-0.25, -0.2) is 4.98 Å². The Morgan fingerprint density at radius 3 is 2.36 bits per heavy atom. The van der Waals surface area contributed by atoms with Gasteiger partial charge in [0, 0.05) is 35.8 Å². The van der Waals surface area contributed by atoms with Gasteiger partial charge in [-0.1, -0.05) is 55.1 Å². The summed E-state index contributed by atoms with van der Waals surface area (Å²) in [7, 11) is 0. The molecule has 11 heteroatoms. The van der Waals surface area contributed by atoms with Crippen molar-refractivity contribution in [1.29, 1.82) is 0 Å². The summed E-state index contributed by atoms with van der Waals surface area (Å²) in [6.45, 7) is 0. The summed E-state index contributed by atoms with van der Waals surface area (Å²) < 4.78 is 41.1. The van der Waals surface area contributed by atoms with Gasteiger partial charge in [-0.2, -0.15) is 13.2 Å². The van der Waals surface area contributed by atoms with Crippen molar-refractivity contribution in [3.8, 4) is 0 Å². The SMILES string of the molecule is O=C(CCCC(=O)N(c1cccc(C(F)(F)F)c1)[C@H](C(=O)NC1CCCCC1)c1ccc(Cl)cc1)Nc1ccccn1. The average molecular weight is 601 g/mol. The van der Waals surface area contributed by atoms with E-state index in [4.69, 9.17) is 11.6 Å². The number of amides is 3. The van der Waals surface area contributed by atoms with Crippen LogP contribution in [-0.2, 0) is 20.6 Å². The molecule has 42 heavy (non-hydrogen) atoms. The largest absolute Gasteiger partial charge is 0.416 e. The molecule has 0 unspecified atom stereocenters. The molecule has 222 valence electrons. The molecule has 1 aromatic heterocycles. The second-order valence-electron chi connectivity index (χ2n) is 10.2. The van der Waals surface area contributed by atoms with Crippen LogP contribution in [0.25, 0.3) is 0 Å². The number of rotatable bonds is 10. The lowest BCUT2D eigenvalue weighted by molar-refractivity contribution is -0.137. The molecule has 2 N–H and O–H groups in total. The molecule has 1 saturated carbocycles. The second kappa shape index (κ2) is 14.3. The molecule has 1 fully saturated rings. The zero-order valence-electron chi connectivity index (χ0n) is 22.9. The fourth-order valence-electron chi connectivity index (χ4n) is 5.02. The van der Waals surface area contributed by atoms with E-state index in [0.717, 1.165) is 49.1 Å². The number of pyridine rings is 1. The Morgan fingerprint density at radius 2 is 1.69 bits per heavy atom. The van der Waals surface area contributed by atoms with Gasteiger partial charge < -0.3 is 10.6 Å². The van der Waals surface area contributed by atoms with Crippen molar-refractivity contribution in [3.63, 3.8) is 0 Å². The molecule has 2 aromatic carbocycles. The Labute approximate surface area is 247 Å². The molecule has 7 nitrogen and oxygen atoms in total. The molecular formula is C31H32ClF3N4O3. The second-order valence-corrected chi connectivity index (χ2v) is 10.7. The summed E-state index contributed by atoms with van der Waals surface area (Å²) in [6.07, 6.45) is 1.28. The lowest BCUT2D eigenvalue weighted by Crippen LogP contribution is -2.47. The highest BCUT2D eigenvalue weighted by Crippen LogP contribution is 2.35. The molecule has 0 saturated heterocycles. The molecule has 0 radical (unpaired) electrons. The number of hydrogen-bond donors (Lipinski definition) is 2. The monoisotopic (exact) mass is 600 g/mol. The van der Waals surface area contributed by atoms with Crippen molar-refractivity contribution < 1.29 is 27.6 Å². The lowest BCUT2D eigenvalue weighted by Gasteiger charge is -2.34. The molecule has 1 aliphatic carbocycles. The van der Waals surface area contributed by atoms with Crippen LogP contribution >= 0.6 is 11.6 Å². The van der Waals surface area contributed by atoms with Crippen LogP contribution in [0.5, 0.6) is 0 Å². The van der Waals surface area contributed by atoms with Crippen LogP contribution in [0.3, 0.4) is 0 Å².